The van der Waals surface area contributed by atoms with Crippen molar-refractivity contribution in [2.45, 2.75) is 51.0 Å². The lowest BCUT2D eigenvalue weighted by molar-refractivity contribution is 0.200. The van der Waals surface area contributed by atoms with E-state index in [2.05, 4.69) is 40.2 Å². The Balaban J connectivity index is 1.32. The van der Waals surface area contributed by atoms with Gasteiger partial charge in [-0.3, -0.25) is 9.69 Å². The van der Waals surface area contributed by atoms with Gasteiger partial charge in [-0.1, -0.05) is 30.3 Å². The molecule has 4 nitrogen and oxygen atoms in total. The molecule has 0 radical (unpaired) electrons. The van der Waals surface area contributed by atoms with E-state index in [1.54, 1.807) is 11.3 Å². The maximum atomic E-state index is 12.7. The SMILES string of the molecule is O=c1[nH]c(CN2CCC(c3ccccc3)CC2)nc2sc3c(c12)CCCC3. The number of fused-ring (bicyclic) bond motifs is 3. The van der Waals surface area contributed by atoms with E-state index >= 15 is 0 Å². The number of likely N-dealkylation sites (tertiary alicyclic amines) is 1. The van der Waals surface area contributed by atoms with Gasteiger partial charge in [0.2, 0.25) is 0 Å². The maximum absolute atomic E-state index is 12.7. The zero-order valence-corrected chi connectivity index (χ0v) is 16.4. The monoisotopic (exact) mass is 379 g/mol. The van der Waals surface area contributed by atoms with Gasteiger partial charge in [0.05, 0.1) is 11.9 Å². The third-order valence-corrected chi connectivity index (χ3v) is 7.29. The van der Waals surface area contributed by atoms with Gasteiger partial charge in [-0.2, -0.15) is 0 Å². The molecule has 0 amide bonds. The molecule has 1 aromatic carbocycles. The van der Waals surface area contributed by atoms with Crippen LogP contribution in [0.3, 0.4) is 0 Å². The predicted octanol–water partition coefficient (Wildman–Crippen LogP) is 4.24. The summed E-state index contributed by atoms with van der Waals surface area (Å²) >= 11 is 1.74. The van der Waals surface area contributed by atoms with Gasteiger partial charge in [0.15, 0.2) is 0 Å². The molecule has 3 aromatic rings. The molecule has 1 aliphatic carbocycles. The topological polar surface area (TPSA) is 49.0 Å². The molecule has 140 valence electrons. The van der Waals surface area contributed by atoms with Gasteiger partial charge in [0, 0.05) is 4.88 Å². The van der Waals surface area contributed by atoms with E-state index in [-0.39, 0.29) is 5.56 Å². The Bertz CT molecular complexity index is 1000. The number of hydrogen-bond acceptors (Lipinski definition) is 4. The van der Waals surface area contributed by atoms with E-state index < -0.39 is 0 Å². The summed E-state index contributed by atoms with van der Waals surface area (Å²) in [6, 6.07) is 10.8. The number of piperidine rings is 1. The second kappa shape index (κ2) is 7.21. The molecule has 1 fully saturated rings. The van der Waals surface area contributed by atoms with Crippen molar-refractivity contribution in [2.75, 3.05) is 13.1 Å². The number of thiophene rings is 1. The molecule has 3 heterocycles. The summed E-state index contributed by atoms with van der Waals surface area (Å²) in [5.74, 6) is 1.48. The predicted molar refractivity (Wildman–Crippen MR) is 111 cm³/mol. The molecule has 2 aromatic heterocycles. The normalized spacial score (nSPS) is 18.7. The Morgan fingerprint density at radius 1 is 1.11 bits per heavy atom. The van der Waals surface area contributed by atoms with E-state index in [0.29, 0.717) is 5.92 Å². The number of aryl methyl sites for hydroxylation is 2. The second-order valence-electron chi connectivity index (χ2n) is 7.86. The van der Waals surface area contributed by atoms with Crippen LogP contribution in [0.5, 0.6) is 0 Å². The zero-order valence-electron chi connectivity index (χ0n) is 15.5. The molecule has 0 atom stereocenters. The van der Waals surface area contributed by atoms with Crippen LogP contribution in [0.4, 0.5) is 0 Å². The lowest BCUT2D eigenvalue weighted by Gasteiger charge is -2.31. The summed E-state index contributed by atoms with van der Waals surface area (Å²) in [5, 5.41) is 0.862. The third kappa shape index (κ3) is 3.34. The molecule has 2 aliphatic rings. The fraction of sp³-hybridized carbons (Fsp3) is 0.455. The molecule has 1 N–H and O–H groups in total. The van der Waals surface area contributed by atoms with Gasteiger partial charge >= 0.3 is 0 Å². The van der Waals surface area contributed by atoms with Gasteiger partial charge in [0.1, 0.15) is 10.7 Å². The highest BCUT2D eigenvalue weighted by atomic mass is 32.1. The van der Waals surface area contributed by atoms with Crippen LogP contribution in [0.2, 0.25) is 0 Å². The van der Waals surface area contributed by atoms with Crippen LogP contribution in [-0.2, 0) is 19.4 Å². The van der Waals surface area contributed by atoms with Crippen molar-refractivity contribution >= 4 is 21.6 Å². The highest BCUT2D eigenvalue weighted by molar-refractivity contribution is 7.18. The minimum Gasteiger partial charge on any atom is -0.309 e. The molecular weight excluding hydrogens is 354 g/mol. The van der Waals surface area contributed by atoms with E-state index in [9.17, 15) is 4.79 Å². The fourth-order valence-corrected chi connectivity index (χ4v) is 5.93. The van der Waals surface area contributed by atoms with Gasteiger partial charge in [0.25, 0.3) is 5.56 Å². The summed E-state index contributed by atoms with van der Waals surface area (Å²) < 4.78 is 0. The van der Waals surface area contributed by atoms with Gasteiger partial charge in [-0.25, -0.2) is 4.98 Å². The summed E-state index contributed by atoms with van der Waals surface area (Å²) in [5.41, 5.74) is 2.79. The molecule has 1 saturated heterocycles. The van der Waals surface area contributed by atoms with Crippen molar-refractivity contribution in [1.82, 2.24) is 14.9 Å². The van der Waals surface area contributed by atoms with E-state index in [1.165, 1.54) is 41.7 Å². The first kappa shape index (κ1) is 17.1. The van der Waals surface area contributed by atoms with Crippen LogP contribution < -0.4 is 5.56 Å². The van der Waals surface area contributed by atoms with Crippen LogP contribution in [-0.4, -0.2) is 28.0 Å². The van der Waals surface area contributed by atoms with Crippen LogP contribution in [0.15, 0.2) is 35.1 Å². The van der Waals surface area contributed by atoms with Gasteiger partial charge in [-0.15, -0.1) is 11.3 Å². The molecule has 5 heteroatoms. The molecule has 0 saturated carbocycles. The lowest BCUT2D eigenvalue weighted by Crippen LogP contribution is -2.33. The second-order valence-corrected chi connectivity index (χ2v) is 8.95. The lowest BCUT2D eigenvalue weighted by atomic mass is 9.89. The van der Waals surface area contributed by atoms with Crippen molar-refractivity contribution in [3.05, 3.63) is 62.5 Å². The highest BCUT2D eigenvalue weighted by Crippen LogP contribution is 2.33. The van der Waals surface area contributed by atoms with Crippen LogP contribution in [0.25, 0.3) is 10.2 Å². The molecule has 27 heavy (non-hydrogen) atoms. The standard InChI is InChI=1S/C22H25N3OS/c26-21-20-17-8-4-5-9-18(17)27-22(20)24-19(23-21)14-25-12-10-16(11-13-25)15-6-2-1-3-7-15/h1-3,6-7,16H,4-5,8-14H2,(H,23,24,26). The van der Waals surface area contributed by atoms with Crippen molar-refractivity contribution in [3.63, 3.8) is 0 Å². The van der Waals surface area contributed by atoms with Crippen molar-refractivity contribution in [1.29, 1.82) is 0 Å². The molecule has 5 rings (SSSR count). The van der Waals surface area contributed by atoms with Crippen molar-refractivity contribution in [2.24, 2.45) is 0 Å². The number of H-pyrrole nitrogens is 1. The maximum Gasteiger partial charge on any atom is 0.259 e. The fourth-order valence-electron chi connectivity index (χ4n) is 4.64. The molecular formula is C22H25N3OS. The quantitative estimate of drug-likeness (QED) is 0.740. The average Bonchev–Trinajstić information content (AvgIpc) is 3.08. The number of aromatic nitrogens is 2. The first-order valence-electron chi connectivity index (χ1n) is 10.1. The van der Waals surface area contributed by atoms with Crippen LogP contribution in [0.1, 0.15) is 53.4 Å². The van der Waals surface area contributed by atoms with E-state index in [1.807, 2.05) is 0 Å². The smallest absolute Gasteiger partial charge is 0.259 e. The molecule has 1 aliphatic heterocycles. The van der Waals surface area contributed by atoms with Crippen LogP contribution >= 0.6 is 11.3 Å². The highest BCUT2D eigenvalue weighted by Gasteiger charge is 2.23. The number of nitrogens with one attached hydrogen (secondary N) is 1. The van der Waals surface area contributed by atoms with E-state index in [4.69, 9.17) is 4.98 Å². The summed E-state index contributed by atoms with van der Waals surface area (Å²) in [7, 11) is 0. The van der Waals surface area contributed by atoms with Crippen molar-refractivity contribution < 1.29 is 0 Å². The largest absolute Gasteiger partial charge is 0.309 e. The average molecular weight is 380 g/mol. The Labute approximate surface area is 163 Å². The number of nitrogens with zero attached hydrogens (tertiary/aromatic N) is 2. The Morgan fingerprint density at radius 3 is 2.70 bits per heavy atom. The third-order valence-electron chi connectivity index (χ3n) is 6.11. The molecule has 0 bridgehead atoms. The van der Waals surface area contributed by atoms with Crippen molar-refractivity contribution in [3.8, 4) is 0 Å². The Hall–Kier alpha value is -1.98. The summed E-state index contributed by atoms with van der Waals surface area (Å²) in [6.07, 6.45) is 6.91. The molecule has 0 unspecified atom stereocenters. The first-order valence-corrected chi connectivity index (χ1v) is 10.9. The van der Waals surface area contributed by atoms with Gasteiger partial charge in [-0.05, 0) is 68.7 Å². The number of hydrogen-bond donors (Lipinski definition) is 1. The number of aromatic amines is 1. The van der Waals surface area contributed by atoms with E-state index in [0.717, 1.165) is 48.5 Å². The Kier molecular flexibility index (Phi) is 4.58. The minimum atomic E-state index is 0.0635. The minimum absolute atomic E-state index is 0.0635. The Morgan fingerprint density at radius 2 is 1.89 bits per heavy atom. The number of rotatable bonds is 3. The zero-order chi connectivity index (χ0) is 18.2. The summed E-state index contributed by atoms with van der Waals surface area (Å²) in [4.78, 5) is 25.4. The van der Waals surface area contributed by atoms with Crippen LogP contribution in [0, 0.1) is 0 Å². The first-order chi connectivity index (χ1) is 13.3. The summed E-state index contributed by atoms with van der Waals surface area (Å²) in [6.45, 7) is 2.86. The van der Waals surface area contributed by atoms with Gasteiger partial charge < -0.3 is 4.98 Å². The molecule has 0 spiro atoms. The number of benzene rings is 1.